The van der Waals surface area contributed by atoms with E-state index in [2.05, 4.69) is 10.5 Å². The Labute approximate surface area is 170 Å². The van der Waals surface area contributed by atoms with E-state index in [0.717, 1.165) is 0 Å². The molecule has 0 saturated heterocycles. The molecule has 0 spiro atoms. The van der Waals surface area contributed by atoms with Crippen molar-refractivity contribution >= 4 is 45.5 Å². The van der Waals surface area contributed by atoms with Crippen LogP contribution in [0.25, 0.3) is 21.8 Å². The number of benzene rings is 3. The number of carbonyl (C=O) groups is 1. The largest absolute Gasteiger partial charge is 0.507 e. The number of carbonyl (C=O) groups excluding carboxylic acids is 1. The summed E-state index contributed by atoms with van der Waals surface area (Å²) >= 11 is 5.90. The second-order valence-electron chi connectivity index (χ2n) is 6.45. The van der Waals surface area contributed by atoms with Gasteiger partial charge in [0.15, 0.2) is 5.43 Å². The number of hydrogen-bond donors (Lipinski definition) is 2. The van der Waals surface area contributed by atoms with Crippen molar-refractivity contribution in [3.8, 4) is 5.75 Å². The molecule has 0 aliphatic carbocycles. The third-order valence-corrected chi connectivity index (χ3v) is 4.80. The van der Waals surface area contributed by atoms with Crippen LogP contribution in [0.2, 0.25) is 5.02 Å². The van der Waals surface area contributed by atoms with Gasteiger partial charge in [0, 0.05) is 21.4 Å². The standard InChI is InChI=1S/C22H16ClN3O3/c23-15-9-10-20(27)14(11-15)12-24-25-21(28)13-26-18-7-3-1-5-16(18)22(29)17-6-2-4-8-19(17)26/h1-12,27H,13H2,(H,25,28). The smallest absolute Gasteiger partial charge is 0.260 e. The fourth-order valence-corrected chi connectivity index (χ4v) is 3.41. The number of phenols is 1. The summed E-state index contributed by atoms with van der Waals surface area (Å²) in [6, 6.07) is 18.9. The molecular formula is C22H16ClN3O3. The molecule has 6 nitrogen and oxygen atoms in total. The van der Waals surface area contributed by atoms with Crippen molar-refractivity contribution in [3.05, 3.63) is 87.5 Å². The lowest BCUT2D eigenvalue weighted by Crippen LogP contribution is -2.25. The van der Waals surface area contributed by atoms with Crippen LogP contribution in [0.1, 0.15) is 5.56 Å². The molecule has 1 amide bonds. The van der Waals surface area contributed by atoms with Gasteiger partial charge in [0.25, 0.3) is 5.91 Å². The molecule has 2 N–H and O–H groups in total. The van der Waals surface area contributed by atoms with Crippen LogP contribution in [-0.2, 0) is 11.3 Å². The predicted molar refractivity (Wildman–Crippen MR) is 115 cm³/mol. The van der Waals surface area contributed by atoms with E-state index in [9.17, 15) is 14.7 Å². The van der Waals surface area contributed by atoms with E-state index in [0.29, 0.717) is 32.4 Å². The molecule has 3 aromatic carbocycles. The van der Waals surface area contributed by atoms with Crippen LogP contribution in [0.4, 0.5) is 0 Å². The number of nitrogens with one attached hydrogen (secondary N) is 1. The fourth-order valence-electron chi connectivity index (χ4n) is 3.23. The third-order valence-electron chi connectivity index (χ3n) is 4.56. The Morgan fingerprint density at radius 1 is 1.03 bits per heavy atom. The summed E-state index contributed by atoms with van der Waals surface area (Å²) < 4.78 is 1.79. The first kappa shape index (κ1) is 18.7. The molecule has 0 fully saturated rings. The monoisotopic (exact) mass is 405 g/mol. The Morgan fingerprint density at radius 3 is 2.31 bits per heavy atom. The second kappa shape index (κ2) is 7.77. The van der Waals surface area contributed by atoms with Crippen LogP contribution in [0, 0.1) is 0 Å². The molecule has 0 aliphatic rings. The zero-order valence-electron chi connectivity index (χ0n) is 15.2. The lowest BCUT2D eigenvalue weighted by atomic mass is 10.1. The molecule has 0 radical (unpaired) electrons. The van der Waals surface area contributed by atoms with Gasteiger partial charge in [-0.2, -0.15) is 5.10 Å². The van der Waals surface area contributed by atoms with Crippen LogP contribution in [0.15, 0.2) is 76.6 Å². The number of nitrogens with zero attached hydrogens (tertiary/aromatic N) is 2. The summed E-state index contributed by atoms with van der Waals surface area (Å²) in [5, 5.41) is 15.2. The maximum Gasteiger partial charge on any atom is 0.260 e. The van der Waals surface area contributed by atoms with Gasteiger partial charge >= 0.3 is 0 Å². The summed E-state index contributed by atoms with van der Waals surface area (Å²) in [5.41, 5.74) is 4.11. The number of fused-ring (bicyclic) bond motifs is 2. The highest BCUT2D eigenvalue weighted by Gasteiger charge is 2.12. The summed E-state index contributed by atoms with van der Waals surface area (Å²) in [4.78, 5) is 25.3. The van der Waals surface area contributed by atoms with Gasteiger partial charge < -0.3 is 9.67 Å². The third kappa shape index (κ3) is 3.70. The lowest BCUT2D eigenvalue weighted by molar-refractivity contribution is -0.121. The molecule has 4 aromatic rings. The zero-order chi connectivity index (χ0) is 20.4. The average Bonchev–Trinajstić information content (AvgIpc) is 2.73. The van der Waals surface area contributed by atoms with E-state index in [4.69, 9.17) is 11.6 Å². The minimum atomic E-state index is -0.373. The number of hydrazone groups is 1. The van der Waals surface area contributed by atoms with E-state index in [-0.39, 0.29) is 23.6 Å². The van der Waals surface area contributed by atoms with Gasteiger partial charge in [-0.3, -0.25) is 9.59 Å². The molecule has 0 atom stereocenters. The molecule has 1 aromatic heterocycles. The fraction of sp³-hybridized carbons (Fsp3) is 0.0455. The zero-order valence-corrected chi connectivity index (χ0v) is 15.9. The van der Waals surface area contributed by atoms with Crippen LogP contribution in [-0.4, -0.2) is 21.8 Å². The topological polar surface area (TPSA) is 83.7 Å². The molecule has 0 aliphatic heterocycles. The number of para-hydroxylation sites is 2. The summed E-state index contributed by atoms with van der Waals surface area (Å²) in [7, 11) is 0. The number of rotatable bonds is 4. The van der Waals surface area contributed by atoms with E-state index in [1.165, 1.54) is 18.3 Å². The highest BCUT2D eigenvalue weighted by atomic mass is 35.5. The quantitative estimate of drug-likeness (QED) is 0.309. The van der Waals surface area contributed by atoms with Crippen molar-refractivity contribution in [1.82, 2.24) is 9.99 Å². The number of pyridine rings is 1. The maximum atomic E-state index is 12.7. The Kier molecular flexibility index (Phi) is 5.01. The molecule has 0 bridgehead atoms. The van der Waals surface area contributed by atoms with Gasteiger partial charge in [-0.15, -0.1) is 0 Å². The van der Waals surface area contributed by atoms with E-state index < -0.39 is 0 Å². The Balaban J connectivity index is 1.66. The van der Waals surface area contributed by atoms with Gasteiger partial charge in [0.2, 0.25) is 0 Å². The lowest BCUT2D eigenvalue weighted by Gasteiger charge is -2.14. The molecule has 0 saturated carbocycles. The van der Waals surface area contributed by atoms with Gasteiger partial charge in [-0.1, -0.05) is 35.9 Å². The highest BCUT2D eigenvalue weighted by molar-refractivity contribution is 6.30. The van der Waals surface area contributed by atoms with Crippen LogP contribution >= 0.6 is 11.6 Å². The molecule has 29 heavy (non-hydrogen) atoms. The Bertz CT molecular complexity index is 1270. The Hall–Kier alpha value is -3.64. The van der Waals surface area contributed by atoms with Gasteiger partial charge in [-0.25, -0.2) is 5.43 Å². The molecule has 1 heterocycles. The summed E-state index contributed by atoms with van der Waals surface area (Å²) in [5.74, 6) is -0.369. The van der Waals surface area contributed by atoms with E-state index >= 15 is 0 Å². The average molecular weight is 406 g/mol. The SMILES string of the molecule is O=C(Cn1c2ccccc2c(=O)c2ccccc21)NN=Cc1cc(Cl)ccc1O. The Morgan fingerprint density at radius 2 is 1.66 bits per heavy atom. The van der Waals surface area contributed by atoms with Crippen molar-refractivity contribution in [2.75, 3.05) is 0 Å². The van der Waals surface area contributed by atoms with Gasteiger partial charge in [-0.05, 0) is 42.5 Å². The molecule has 4 rings (SSSR count). The first-order valence-corrected chi connectivity index (χ1v) is 9.23. The van der Waals surface area contributed by atoms with E-state index in [1.54, 1.807) is 34.9 Å². The predicted octanol–water partition coefficient (Wildman–Crippen LogP) is 3.66. The van der Waals surface area contributed by atoms with Gasteiger partial charge in [0.05, 0.1) is 17.2 Å². The first-order valence-electron chi connectivity index (χ1n) is 8.85. The molecular weight excluding hydrogens is 390 g/mol. The van der Waals surface area contributed by atoms with E-state index in [1.807, 2.05) is 24.3 Å². The first-order chi connectivity index (χ1) is 14.0. The second-order valence-corrected chi connectivity index (χ2v) is 6.88. The van der Waals surface area contributed by atoms with Crippen molar-refractivity contribution < 1.29 is 9.90 Å². The summed E-state index contributed by atoms with van der Waals surface area (Å²) in [6.07, 6.45) is 1.32. The van der Waals surface area contributed by atoms with Crippen LogP contribution in [0.3, 0.4) is 0 Å². The number of hydrogen-bond acceptors (Lipinski definition) is 4. The normalized spacial score (nSPS) is 11.3. The van der Waals surface area contributed by atoms with Crippen LogP contribution < -0.4 is 10.9 Å². The number of amides is 1. The van der Waals surface area contributed by atoms with Crippen molar-refractivity contribution in [2.24, 2.45) is 5.10 Å². The number of aromatic nitrogens is 1. The van der Waals surface area contributed by atoms with Gasteiger partial charge in [0.1, 0.15) is 12.3 Å². The van der Waals surface area contributed by atoms with Crippen LogP contribution in [0.5, 0.6) is 5.75 Å². The number of phenolic OH excluding ortho intramolecular Hbond substituents is 1. The maximum absolute atomic E-state index is 12.7. The highest BCUT2D eigenvalue weighted by Crippen LogP contribution is 2.20. The van der Waals surface area contributed by atoms with Crippen molar-refractivity contribution in [1.29, 1.82) is 0 Å². The minimum absolute atomic E-state index is 0.00444. The number of halogens is 1. The van der Waals surface area contributed by atoms with Crippen molar-refractivity contribution in [2.45, 2.75) is 6.54 Å². The molecule has 0 unspecified atom stereocenters. The number of aromatic hydroxyl groups is 1. The summed E-state index contributed by atoms with van der Waals surface area (Å²) in [6.45, 7) is -0.0276. The molecule has 144 valence electrons. The molecule has 7 heteroatoms. The minimum Gasteiger partial charge on any atom is -0.507 e. The van der Waals surface area contributed by atoms with Crippen molar-refractivity contribution in [3.63, 3.8) is 0 Å².